The Hall–Kier alpha value is -0.990. The van der Waals surface area contributed by atoms with Gasteiger partial charge >= 0.3 is 6.09 Å². The van der Waals surface area contributed by atoms with Gasteiger partial charge in [-0.25, -0.2) is 9.78 Å². The molecule has 0 unspecified atom stereocenters. The van der Waals surface area contributed by atoms with Gasteiger partial charge in [0, 0.05) is 24.8 Å². The minimum Gasteiger partial charge on any atom is -0.444 e. The molecule has 0 bridgehead atoms. The maximum absolute atomic E-state index is 14.6. The number of carbonyl (C=O) groups is 1. The number of hydrogen-bond acceptors (Lipinski definition) is 6. The summed E-state index contributed by atoms with van der Waals surface area (Å²) in [4.78, 5) is 17.8. The molecule has 2 aliphatic rings. The smallest absolute Gasteiger partial charge is 0.410 e. The van der Waals surface area contributed by atoms with Gasteiger partial charge in [0.2, 0.25) is 5.95 Å². The number of halogens is 1. The third kappa shape index (κ3) is 4.22. The van der Waals surface area contributed by atoms with Crippen molar-refractivity contribution in [3.05, 3.63) is 29.8 Å². The van der Waals surface area contributed by atoms with Crippen molar-refractivity contribution in [2.75, 3.05) is 24.6 Å². The minimum atomic E-state index is -1.12. The highest BCUT2D eigenvalue weighted by Crippen LogP contribution is 2.59. The minimum absolute atomic E-state index is 0.366. The Morgan fingerprint density at radius 3 is 2.48 bits per heavy atom. The van der Waals surface area contributed by atoms with Gasteiger partial charge in [-0.05, 0) is 57.6 Å². The second-order valence-electron chi connectivity index (χ2n) is 8.01. The predicted molar refractivity (Wildman–Crippen MR) is 107 cm³/mol. The Balaban J connectivity index is 1.83. The zero-order valence-electron chi connectivity index (χ0n) is 16.0. The number of nitrogens with zero attached hydrogens (tertiary/aromatic N) is 2. The molecule has 0 aliphatic carbocycles. The van der Waals surface area contributed by atoms with Crippen molar-refractivity contribution in [2.24, 2.45) is 0 Å². The third-order valence-corrected chi connectivity index (χ3v) is 8.57. The first-order valence-electron chi connectivity index (χ1n) is 9.26. The summed E-state index contributed by atoms with van der Waals surface area (Å²) in [5, 5.41) is 11.6. The lowest BCUT2D eigenvalue weighted by atomic mass is 9.84. The van der Waals surface area contributed by atoms with Crippen LogP contribution in [-0.4, -0.2) is 56.9 Å². The van der Waals surface area contributed by atoms with Crippen LogP contribution in [0, 0.1) is 5.95 Å². The van der Waals surface area contributed by atoms with E-state index in [0.29, 0.717) is 31.5 Å². The van der Waals surface area contributed by atoms with Crippen LogP contribution in [0.2, 0.25) is 0 Å². The van der Waals surface area contributed by atoms with E-state index in [1.54, 1.807) is 40.6 Å². The fourth-order valence-electron chi connectivity index (χ4n) is 3.55. The number of thioether (sulfide) groups is 2. The molecule has 0 atom stereocenters. The highest BCUT2D eigenvalue weighted by Gasteiger charge is 2.56. The molecule has 2 aliphatic heterocycles. The number of carbonyl (C=O) groups excluding carboxylic acids is 1. The lowest BCUT2D eigenvalue weighted by Crippen LogP contribution is -2.57. The fraction of sp³-hybridized carbons (Fsp3) is 0.684. The number of piperidine rings is 1. The normalized spacial score (nSPS) is 22.3. The van der Waals surface area contributed by atoms with E-state index in [0.717, 1.165) is 17.9 Å². The van der Waals surface area contributed by atoms with Crippen LogP contribution < -0.4 is 0 Å². The third-order valence-electron chi connectivity index (χ3n) is 4.87. The van der Waals surface area contributed by atoms with E-state index in [1.165, 1.54) is 6.20 Å². The summed E-state index contributed by atoms with van der Waals surface area (Å²) in [6.07, 6.45) is 2.84. The standard InChI is InChI=1S/C19H27FN2O3S2/c1-17(2,3)25-16(23)22-10-7-18(24,8-11-22)19(26-12-5-13-27-19)14-6-4-9-21-15(14)20/h4,6,9,24H,5,7-8,10-13H2,1-3H3. The molecule has 0 aromatic carbocycles. The van der Waals surface area contributed by atoms with Gasteiger partial charge in [0.05, 0.1) is 5.60 Å². The molecule has 150 valence electrons. The summed E-state index contributed by atoms with van der Waals surface area (Å²) in [7, 11) is 0. The van der Waals surface area contributed by atoms with E-state index in [9.17, 15) is 14.3 Å². The van der Waals surface area contributed by atoms with Crippen LogP contribution in [0.4, 0.5) is 9.18 Å². The SMILES string of the molecule is CC(C)(C)OC(=O)N1CCC(O)(C2(c3cccnc3F)SCCCS2)CC1. The Labute approximate surface area is 168 Å². The summed E-state index contributed by atoms with van der Waals surface area (Å²) < 4.78 is 19.2. The molecule has 3 rings (SSSR count). The van der Waals surface area contributed by atoms with Crippen LogP contribution in [0.1, 0.15) is 45.6 Å². The van der Waals surface area contributed by atoms with Gasteiger partial charge in [-0.2, -0.15) is 4.39 Å². The van der Waals surface area contributed by atoms with Crippen LogP contribution >= 0.6 is 23.5 Å². The molecule has 27 heavy (non-hydrogen) atoms. The monoisotopic (exact) mass is 414 g/mol. The summed E-state index contributed by atoms with van der Waals surface area (Å²) in [5.74, 6) is 1.20. The van der Waals surface area contributed by atoms with Crippen molar-refractivity contribution in [1.82, 2.24) is 9.88 Å². The second kappa shape index (κ2) is 7.79. The first-order chi connectivity index (χ1) is 12.7. The van der Waals surface area contributed by atoms with E-state index in [1.807, 2.05) is 20.8 Å². The molecule has 5 nitrogen and oxygen atoms in total. The molecule has 1 aromatic heterocycles. The van der Waals surface area contributed by atoms with Crippen LogP contribution in [0.5, 0.6) is 0 Å². The van der Waals surface area contributed by atoms with Gasteiger partial charge in [0.15, 0.2) is 0 Å². The Morgan fingerprint density at radius 2 is 1.93 bits per heavy atom. The van der Waals surface area contributed by atoms with E-state index in [4.69, 9.17) is 4.74 Å². The molecule has 2 saturated heterocycles. The maximum Gasteiger partial charge on any atom is 0.410 e. The van der Waals surface area contributed by atoms with Crippen molar-refractivity contribution >= 4 is 29.6 Å². The molecular formula is C19H27FN2O3S2. The predicted octanol–water partition coefficient (Wildman–Crippen LogP) is 4.01. The van der Waals surface area contributed by atoms with Gasteiger partial charge in [0.1, 0.15) is 9.68 Å². The molecule has 1 amide bonds. The van der Waals surface area contributed by atoms with Gasteiger partial charge in [-0.3, -0.25) is 0 Å². The molecule has 8 heteroatoms. The summed E-state index contributed by atoms with van der Waals surface area (Å²) in [6, 6.07) is 3.45. The van der Waals surface area contributed by atoms with Crippen molar-refractivity contribution < 1.29 is 19.0 Å². The highest BCUT2D eigenvalue weighted by atomic mass is 32.2. The summed E-state index contributed by atoms with van der Waals surface area (Å²) in [6.45, 7) is 6.27. The van der Waals surface area contributed by atoms with Crippen molar-refractivity contribution in [3.8, 4) is 0 Å². The summed E-state index contributed by atoms with van der Waals surface area (Å²) in [5.41, 5.74) is -1.22. The Bertz CT molecular complexity index is 682. The highest BCUT2D eigenvalue weighted by molar-refractivity contribution is 8.18. The summed E-state index contributed by atoms with van der Waals surface area (Å²) >= 11 is 3.20. The number of ether oxygens (including phenoxy) is 1. The quantitative estimate of drug-likeness (QED) is 0.738. The Morgan fingerprint density at radius 1 is 1.30 bits per heavy atom. The number of aromatic nitrogens is 1. The van der Waals surface area contributed by atoms with E-state index < -0.39 is 21.2 Å². The van der Waals surface area contributed by atoms with Crippen molar-refractivity contribution in [3.63, 3.8) is 0 Å². The average molecular weight is 415 g/mol. The molecule has 2 fully saturated rings. The lowest BCUT2D eigenvalue weighted by Gasteiger charge is -2.51. The molecule has 0 radical (unpaired) electrons. The molecule has 0 saturated carbocycles. The van der Waals surface area contributed by atoms with Crippen LogP contribution in [0.15, 0.2) is 18.3 Å². The van der Waals surface area contributed by atoms with Crippen LogP contribution in [-0.2, 0) is 8.82 Å². The number of hydrogen-bond donors (Lipinski definition) is 1. The first kappa shape index (κ1) is 20.7. The average Bonchev–Trinajstić information content (AvgIpc) is 2.62. The number of rotatable bonds is 2. The largest absolute Gasteiger partial charge is 0.444 e. The molecule has 3 heterocycles. The van der Waals surface area contributed by atoms with Gasteiger partial charge in [0.25, 0.3) is 0 Å². The Kier molecular flexibility index (Phi) is 5.99. The van der Waals surface area contributed by atoms with Crippen LogP contribution in [0.3, 0.4) is 0 Å². The number of amides is 1. The first-order valence-corrected chi connectivity index (χ1v) is 11.2. The second-order valence-corrected chi connectivity index (χ2v) is 10.9. The van der Waals surface area contributed by atoms with Gasteiger partial charge in [-0.1, -0.05) is 6.07 Å². The molecular weight excluding hydrogens is 387 g/mol. The topological polar surface area (TPSA) is 62.7 Å². The van der Waals surface area contributed by atoms with E-state index in [-0.39, 0.29) is 6.09 Å². The van der Waals surface area contributed by atoms with Crippen molar-refractivity contribution in [1.29, 1.82) is 0 Å². The zero-order chi connectivity index (χ0) is 19.7. The molecule has 1 N–H and O–H groups in total. The lowest BCUT2D eigenvalue weighted by molar-refractivity contribution is -0.0402. The number of likely N-dealkylation sites (tertiary alicyclic amines) is 1. The zero-order valence-corrected chi connectivity index (χ0v) is 17.7. The number of aliphatic hydroxyl groups is 1. The van der Waals surface area contributed by atoms with Gasteiger partial charge in [-0.15, -0.1) is 23.5 Å². The van der Waals surface area contributed by atoms with E-state index in [2.05, 4.69) is 4.98 Å². The van der Waals surface area contributed by atoms with Crippen LogP contribution in [0.25, 0.3) is 0 Å². The fourth-order valence-corrected chi connectivity index (χ4v) is 7.28. The van der Waals surface area contributed by atoms with E-state index >= 15 is 0 Å². The van der Waals surface area contributed by atoms with Gasteiger partial charge < -0.3 is 14.7 Å². The maximum atomic E-state index is 14.6. The molecule has 0 spiro atoms. The number of pyridine rings is 1. The van der Waals surface area contributed by atoms with Crippen molar-refractivity contribution in [2.45, 2.75) is 55.3 Å². The molecule has 1 aromatic rings.